The number of hydrogen-bond acceptors (Lipinski definition) is 1. The van der Waals surface area contributed by atoms with Gasteiger partial charge in [0.1, 0.15) is 0 Å². The first kappa shape index (κ1) is 10.4. The van der Waals surface area contributed by atoms with Crippen molar-refractivity contribution >= 4 is 26.8 Å². The molecule has 2 aromatic rings. The van der Waals surface area contributed by atoms with Crippen LogP contribution in [0.5, 0.6) is 0 Å². The zero-order valence-electron chi connectivity index (χ0n) is 9.09. The molecule has 1 aliphatic rings. The fourth-order valence-corrected chi connectivity index (χ4v) is 2.89. The van der Waals surface area contributed by atoms with Crippen molar-refractivity contribution < 1.29 is 0 Å². The molecule has 3 rings (SSSR count). The Hall–Kier alpha value is -0.800. The largest absolute Gasteiger partial charge is 0.361 e. The summed E-state index contributed by atoms with van der Waals surface area (Å²) in [7, 11) is 0. The Kier molecular flexibility index (Phi) is 2.74. The standard InChI is InChI=1S/C13H15BrN2/c14-11-1-2-12-10(8-16-13(12)6-11)5-9-3-4-15-7-9/h1-2,6,8-9,15-16H,3-5,7H2. The van der Waals surface area contributed by atoms with E-state index in [1.54, 1.807) is 0 Å². The monoisotopic (exact) mass is 278 g/mol. The van der Waals surface area contributed by atoms with E-state index < -0.39 is 0 Å². The summed E-state index contributed by atoms with van der Waals surface area (Å²) >= 11 is 3.50. The predicted octanol–water partition coefficient (Wildman–Crippen LogP) is 3.08. The molecule has 1 atom stereocenters. The van der Waals surface area contributed by atoms with Crippen LogP contribution in [-0.2, 0) is 6.42 Å². The van der Waals surface area contributed by atoms with Crippen LogP contribution in [0.15, 0.2) is 28.9 Å². The van der Waals surface area contributed by atoms with E-state index in [-0.39, 0.29) is 0 Å². The molecule has 84 valence electrons. The quantitative estimate of drug-likeness (QED) is 0.868. The maximum absolute atomic E-state index is 3.50. The number of benzene rings is 1. The van der Waals surface area contributed by atoms with Crippen LogP contribution in [0, 0.1) is 5.92 Å². The van der Waals surface area contributed by atoms with Crippen molar-refractivity contribution in [2.24, 2.45) is 5.92 Å². The fourth-order valence-electron chi connectivity index (χ4n) is 2.53. The van der Waals surface area contributed by atoms with Gasteiger partial charge in [0.15, 0.2) is 0 Å². The molecule has 0 spiro atoms. The van der Waals surface area contributed by atoms with E-state index in [0.717, 1.165) is 10.4 Å². The zero-order chi connectivity index (χ0) is 11.0. The van der Waals surface area contributed by atoms with Crippen LogP contribution in [0.2, 0.25) is 0 Å². The number of hydrogen-bond donors (Lipinski definition) is 2. The lowest BCUT2D eigenvalue weighted by molar-refractivity contribution is 0.582. The Morgan fingerprint density at radius 1 is 1.38 bits per heavy atom. The summed E-state index contributed by atoms with van der Waals surface area (Å²) in [5.74, 6) is 0.808. The minimum absolute atomic E-state index is 0.808. The first-order valence-corrected chi connectivity index (χ1v) is 6.58. The van der Waals surface area contributed by atoms with Gasteiger partial charge in [0.25, 0.3) is 0 Å². The van der Waals surface area contributed by atoms with E-state index >= 15 is 0 Å². The third kappa shape index (κ3) is 1.89. The highest BCUT2D eigenvalue weighted by Gasteiger charge is 2.16. The molecule has 1 fully saturated rings. The number of halogens is 1. The Labute approximate surface area is 104 Å². The minimum atomic E-state index is 0.808. The van der Waals surface area contributed by atoms with E-state index in [4.69, 9.17) is 0 Å². The van der Waals surface area contributed by atoms with Gasteiger partial charge in [-0.05, 0) is 49.5 Å². The van der Waals surface area contributed by atoms with E-state index in [1.165, 1.54) is 42.4 Å². The smallest absolute Gasteiger partial charge is 0.0468 e. The van der Waals surface area contributed by atoms with Gasteiger partial charge in [-0.15, -0.1) is 0 Å². The van der Waals surface area contributed by atoms with Crippen molar-refractivity contribution in [3.8, 4) is 0 Å². The number of H-pyrrole nitrogens is 1. The molecular formula is C13H15BrN2. The van der Waals surface area contributed by atoms with Crippen molar-refractivity contribution in [2.75, 3.05) is 13.1 Å². The van der Waals surface area contributed by atoms with Gasteiger partial charge in [0.2, 0.25) is 0 Å². The Bertz CT molecular complexity index is 498. The third-order valence-corrected chi connectivity index (χ3v) is 3.89. The van der Waals surface area contributed by atoms with Crippen molar-refractivity contribution in [3.05, 3.63) is 34.4 Å². The molecule has 1 aromatic heterocycles. The molecule has 2 nitrogen and oxygen atoms in total. The van der Waals surface area contributed by atoms with Gasteiger partial charge in [0, 0.05) is 21.6 Å². The molecular weight excluding hydrogens is 264 g/mol. The highest BCUT2D eigenvalue weighted by molar-refractivity contribution is 9.10. The first-order chi connectivity index (χ1) is 7.83. The lowest BCUT2D eigenvalue weighted by Gasteiger charge is -2.06. The van der Waals surface area contributed by atoms with Gasteiger partial charge < -0.3 is 10.3 Å². The molecule has 1 aliphatic heterocycles. The van der Waals surface area contributed by atoms with Crippen LogP contribution in [0.3, 0.4) is 0 Å². The molecule has 0 aliphatic carbocycles. The maximum Gasteiger partial charge on any atom is 0.0468 e. The molecule has 1 saturated heterocycles. The summed E-state index contributed by atoms with van der Waals surface area (Å²) in [6.45, 7) is 2.35. The molecule has 1 unspecified atom stereocenters. The van der Waals surface area contributed by atoms with Crippen molar-refractivity contribution in [1.82, 2.24) is 10.3 Å². The second-order valence-corrected chi connectivity index (χ2v) is 5.48. The summed E-state index contributed by atoms with van der Waals surface area (Å²) < 4.78 is 1.14. The lowest BCUT2D eigenvalue weighted by atomic mass is 9.98. The Morgan fingerprint density at radius 2 is 2.31 bits per heavy atom. The normalized spacial score (nSPS) is 20.7. The van der Waals surface area contributed by atoms with E-state index in [0.29, 0.717) is 0 Å². The van der Waals surface area contributed by atoms with Crippen LogP contribution < -0.4 is 5.32 Å². The predicted molar refractivity (Wildman–Crippen MR) is 70.7 cm³/mol. The number of nitrogens with one attached hydrogen (secondary N) is 2. The van der Waals surface area contributed by atoms with E-state index in [9.17, 15) is 0 Å². The van der Waals surface area contributed by atoms with Gasteiger partial charge in [-0.25, -0.2) is 0 Å². The molecule has 2 heterocycles. The van der Waals surface area contributed by atoms with Crippen LogP contribution in [0.4, 0.5) is 0 Å². The summed E-state index contributed by atoms with van der Waals surface area (Å²) in [4.78, 5) is 3.35. The van der Waals surface area contributed by atoms with Crippen LogP contribution in [0.25, 0.3) is 10.9 Å². The van der Waals surface area contributed by atoms with Crippen molar-refractivity contribution in [1.29, 1.82) is 0 Å². The number of aromatic nitrogens is 1. The van der Waals surface area contributed by atoms with Crippen LogP contribution in [0.1, 0.15) is 12.0 Å². The van der Waals surface area contributed by atoms with Gasteiger partial charge in [-0.1, -0.05) is 22.0 Å². The summed E-state index contributed by atoms with van der Waals surface area (Å²) in [5, 5.41) is 4.79. The van der Waals surface area contributed by atoms with E-state index in [1.807, 2.05) is 0 Å². The highest BCUT2D eigenvalue weighted by atomic mass is 79.9. The first-order valence-electron chi connectivity index (χ1n) is 5.79. The maximum atomic E-state index is 3.50. The van der Waals surface area contributed by atoms with Gasteiger partial charge >= 0.3 is 0 Å². The van der Waals surface area contributed by atoms with Gasteiger partial charge in [-0.3, -0.25) is 0 Å². The second kappa shape index (κ2) is 4.22. The Balaban J connectivity index is 1.91. The molecule has 3 heteroatoms. The van der Waals surface area contributed by atoms with Crippen LogP contribution in [-0.4, -0.2) is 18.1 Å². The van der Waals surface area contributed by atoms with Crippen molar-refractivity contribution in [3.63, 3.8) is 0 Å². The van der Waals surface area contributed by atoms with Crippen molar-refractivity contribution in [2.45, 2.75) is 12.8 Å². The van der Waals surface area contributed by atoms with Crippen LogP contribution >= 0.6 is 15.9 Å². The second-order valence-electron chi connectivity index (χ2n) is 4.57. The zero-order valence-corrected chi connectivity index (χ0v) is 10.7. The SMILES string of the molecule is Brc1ccc2c(CC3CCNC3)c[nH]c2c1. The topological polar surface area (TPSA) is 27.8 Å². The Morgan fingerprint density at radius 3 is 3.12 bits per heavy atom. The highest BCUT2D eigenvalue weighted by Crippen LogP contribution is 2.25. The van der Waals surface area contributed by atoms with Gasteiger partial charge in [-0.2, -0.15) is 0 Å². The molecule has 2 N–H and O–H groups in total. The molecule has 0 bridgehead atoms. The minimum Gasteiger partial charge on any atom is -0.361 e. The van der Waals surface area contributed by atoms with E-state index in [2.05, 4.69) is 50.6 Å². The molecule has 16 heavy (non-hydrogen) atoms. The number of fused-ring (bicyclic) bond motifs is 1. The molecule has 0 amide bonds. The summed E-state index contributed by atoms with van der Waals surface area (Å²) in [5.41, 5.74) is 2.69. The summed E-state index contributed by atoms with van der Waals surface area (Å²) in [6.07, 6.45) is 4.66. The molecule has 0 radical (unpaired) electrons. The molecule has 1 aromatic carbocycles. The third-order valence-electron chi connectivity index (χ3n) is 3.40. The average molecular weight is 279 g/mol. The number of rotatable bonds is 2. The average Bonchev–Trinajstić information content (AvgIpc) is 2.89. The number of aromatic amines is 1. The fraction of sp³-hybridized carbons (Fsp3) is 0.385. The summed E-state index contributed by atoms with van der Waals surface area (Å²) in [6, 6.07) is 6.46. The molecule has 0 saturated carbocycles. The van der Waals surface area contributed by atoms with Gasteiger partial charge in [0.05, 0.1) is 0 Å². The lowest BCUT2D eigenvalue weighted by Crippen LogP contribution is -2.10.